The second kappa shape index (κ2) is 5.64. The molecule has 1 saturated heterocycles. The van der Waals surface area contributed by atoms with Gasteiger partial charge in [0, 0.05) is 31.7 Å². The van der Waals surface area contributed by atoms with Crippen LogP contribution in [0.1, 0.15) is 46.5 Å². The van der Waals surface area contributed by atoms with E-state index < -0.39 is 0 Å². The first-order chi connectivity index (χ1) is 9.31. The van der Waals surface area contributed by atoms with Crippen LogP contribution in [-0.2, 0) is 4.79 Å². The highest BCUT2D eigenvalue weighted by Crippen LogP contribution is 2.40. The third-order valence-corrected chi connectivity index (χ3v) is 5.68. The van der Waals surface area contributed by atoms with Crippen molar-refractivity contribution in [3.8, 4) is 0 Å². The Morgan fingerprint density at radius 2 is 1.85 bits per heavy atom. The van der Waals surface area contributed by atoms with Gasteiger partial charge in [0.05, 0.1) is 5.41 Å². The molecule has 4 nitrogen and oxygen atoms in total. The van der Waals surface area contributed by atoms with Crippen LogP contribution in [0.15, 0.2) is 0 Å². The van der Waals surface area contributed by atoms with Crippen molar-refractivity contribution in [3.05, 3.63) is 0 Å². The Hall–Kier alpha value is -0.610. The highest BCUT2D eigenvalue weighted by molar-refractivity contribution is 5.83. The number of amides is 1. The summed E-state index contributed by atoms with van der Waals surface area (Å²) in [4.78, 5) is 17.4. The van der Waals surface area contributed by atoms with Gasteiger partial charge in [-0.25, -0.2) is 0 Å². The summed E-state index contributed by atoms with van der Waals surface area (Å²) in [7, 11) is 2.14. The number of carbonyl (C=O) groups excluding carboxylic acids is 1. The van der Waals surface area contributed by atoms with Gasteiger partial charge in [-0.05, 0) is 52.5 Å². The lowest BCUT2D eigenvalue weighted by molar-refractivity contribution is -0.148. The van der Waals surface area contributed by atoms with E-state index in [9.17, 15) is 4.79 Å². The molecule has 0 atom stereocenters. The quantitative estimate of drug-likeness (QED) is 0.838. The average molecular weight is 281 g/mol. The van der Waals surface area contributed by atoms with Crippen molar-refractivity contribution in [2.45, 2.75) is 52.0 Å². The molecule has 2 rings (SSSR count). The monoisotopic (exact) mass is 281 g/mol. The van der Waals surface area contributed by atoms with Crippen LogP contribution >= 0.6 is 0 Å². The molecule has 4 heteroatoms. The van der Waals surface area contributed by atoms with Gasteiger partial charge in [-0.1, -0.05) is 6.92 Å². The molecule has 116 valence electrons. The molecule has 1 heterocycles. The first-order valence-corrected chi connectivity index (χ1v) is 8.01. The Bertz CT molecular complexity index is 359. The van der Waals surface area contributed by atoms with Crippen molar-refractivity contribution >= 4 is 5.91 Å². The fourth-order valence-electron chi connectivity index (χ4n) is 3.57. The van der Waals surface area contributed by atoms with Gasteiger partial charge in [0.25, 0.3) is 0 Å². The number of hydrogen-bond acceptors (Lipinski definition) is 3. The minimum absolute atomic E-state index is 0.0612. The summed E-state index contributed by atoms with van der Waals surface area (Å²) < 4.78 is 0. The Morgan fingerprint density at radius 1 is 1.25 bits per heavy atom. The van der Waals surface area contributed by atoms with Gasteiger partial charge < -0.3 is 10.6 Å². The number of likely N-dealkylation sites (N-methyl/N-ethyl adjacent to an activating group) is 1. The van der Waals surface area contributed by atoms with E-state index in [1.165, 1.54) is 0 Å². The van der Waals surface area contributed by atoms with Gasteiger partial charge in [0.15, 0.2) is 0 Å². The minimum Gasteiger partial charge on any atom is -0.339 e. The molecular formula is C16H31N3O. The van der Waals surface area contributed by atoms with E-state index in [-0.39, 0.29) is 11.0 Å². The van der Waals surface area contributed by atoms with E-state index in [4.69, 9.17) is 5.73 Å². The van der Waals surface area contributed by atoms with Crippen molar-refractivity contribution < 1.29 is 4.79 Å². The maximum absolute atomic E-state index is 13.0. The van der Waals surface area contributed by atoms with Gasteiger partial charge in [0.2, 0.25) is 5.91 Å². The van der Waals surface area contributed by atoms with Crippen LogP contribution < -0.4 is 5.73 Å². The summed E-state index contributed by atoms with van der Waals surface area (Å²) in [6.07, 6.45) is 4.21. The van der Waals surface area contributed by atoms with Crippen LogP contribution in [0.25, 0.3) is 0 Å². The van der Waals surface area contributed by atoms with Gasteiger partial charge in [0.1, 0.15) is 0 Å². The summed E-state index contributed by atoms with van der Waals surface area (Å²) in [6, 6.07) is 0. The molecule has 0 unspecified atom stereocenters. The second-order valence-corrected chi connectivity index (χ2v) is 7.63. The average Bonchev–Trinajstić information content (AvgIpc) is 2.42. The number of nitrogens with zero attached hydrogens (tertiary/aromatic N) is 2. The first kappa shape index (κ1) is 15.8. The number of piperazine rings is 1. The highest BCUT2D eigenvalue weighted by atomic mass is 16.2. The van der Waals surface area contributed by atoms with E-state index in [0.29, 0.717) is 12.5 Å². The van der Waals surface area contributed by atoms with Crippen molar-refractivity contribution in [1.29, 1.82) is 0 Å². The van der Waals surface area contributed by atoms with Gasteiger partial charge in [-0.15, -0.1) is 0 Å². The number of rotatable bonds is 2. The summed E-state index contributed by atoms with van der Waals surface area (Å²) in [6.45, 7) is 9.83. The fraction of sp³-hybridized carbons (Fsp3) is 0.938. The van der Waals surface area contributed by atoms with Crippen LogP contribution in [0.3, 0.4) is 0 Å². The van der Waals surface area contributed by atoms with Crippen molar-refractivity contribution in [2.75, 3.05) is 33.2 Å². The third kappa shape index (κ3) is 2.86. The van der Waals surface area contributed by atoms with Gasteiger partial charge in [-0.3, -0.25) is 9.69 Å². The lowest BCUT2D eigenvalue weighted by Crippen LogP contribution is -2.62. The topological polar surface area (TPSA) is 49.6 Å². The maximum atomic E-state index is 13.0. The predicted molar refractivity (Wildman–Crippen MR) is 82.4 cm³/mol. The van der Waals surface area contributed by atoms with E-state index in [1.54, 1.807) is 0 Å². The zero-order chi connectivity index (χ0) is 15.0. The molecule has 1 aliphatic heterocycles. The van der Waals surface area contributed by atoms with Crippen LogP contribution in [-0.4, -0.2) is 54.5 Å². The second-order valence-electron chi connectivity index (χ2n) is 7.63. The van der Waals surface area contributed by atoms with E-state index >= 15 is 0 Å². The third-order valence-electron chi connectivity index (χ3n) is 5.68. The summed E-state index contributed by atoms with van der Waals surface area (Å²) >= 11 is 0. The molecule has 0 bridgehead atoms. The Balaban J connectivity index is 2.09. The highest BCUT2D eigenvalue weighted by Gasteiger charge is 2.44. The van der Waals surface area contributed by atoms with Crippen molar-refractivity contribution in [1.82, 2.24) is 9.80 Å². The maximum Gasteiger partial charge on any atom is 0.230 e. The first-order valence-electron chi connectivity index (χ1n) is 8.01. The largest absolute Gasteiger partial charge is 0.339 e. The van der Waals surface area contributed by atoms with Crippen LogP contribution in [0, 0.1) is 11.3 Å². The molecule has 0 aromatic carbocycles. The van der Waals surface area contributed by atoms with Crippen LogP contribution in [0.4, 0.5) is 0 Å². The standard InChI is InChI=1S/C16H31N3O/c1-13-5-7-16(11-17,8-6-13)14(20)19-10-9-18(4)15(2,3)12-19/h13H,5-12,17H2,1-4H3. The van der Waals surface area contributed by atoms with Crippen molar-refractivity contribution in [3.63, 3.8) is 0 Å². The molecule has 1 aliphatic carbocycles. The van der Waals surface area contributed by atoms with Gasteiger partial charge >= 0.3 is 0 Å². The molecule has 1 amide bonds. The fourth-order valence-corrected chi connectivity index (χ4v) is 3.57. The van der Waals surface area contributed by atoms with Gasteiger partial charge in [-0.2, -0.15) is 0 Å². The number of nitrogens with two attached hydrogens (primary N) is 1. The smallest absolute Gasteiger partial charge is 0.230 e. The van der Waals surface area contributed by atoms with Crippen molar-refractivity contribution in [2.24, 2.45) is 17.1 Å². The zero-order valence-corrected chi connectivity index (χ0v) is 13.6. The Labute approximate surface area is 123 Å². The molecule has 2 N–H and O–H groups in total. The Kier molecular flexibility index (Phi) is 4.45. The summed E-state index contributed by atoms with van der Waals surface area (Å²) in [5.74, 6) is 1.06. The minimum atomic E-state index is -0.279. The SMILES string of the molecule is CC1CCC(CN)(C(=O)N2CCN(C)C(C)(C)C2)CC1. The predicted octanol–water partition coefficient (Wildman–Crippen LogP) is 1.69. The van der Waals surface area contributed by atoms with Crippen LogP contribution in [0.2, 0.25) is 0 Å². The van der Waals surface area contributed by atoms with E-state index in [2.05, 4.69) is 37.6 Å². The van der Waals surface area contributed by atoms with Crippen LogP contribution in [0.5, 0.6) is 0 Å². The molecule has 0 spiro atoms. The van der Waals surface area contributed by atoms with E-state index in [0.717, 1.165) is 51.2 Å². The molecule has 20 heavy (non-hydrogen) atoms. The zero-order valence-electron chi connectivity index (χ0n) is 13.6. The molecule has 0 radical (unpaired) electrons. The summed E-state index contributed by atoms with van der Waals surface area (Å²) in [5.41, 5.74) is 5.81. The normalized spacial score (nSPS) is 35.0. The van der Waals surface area contributed by atoms with E-state index in [1.807, 2.05) is 0 Å². The molecule has 1 saturated carbocycles. The molecule has 2 fully saturated rings. The number of hydrogen-bond donors (Lipinski definition) is 1. The molecule has 2 aliphatic rings. The molecule has 0 aromatic heterocycles. The lowest BCUT2D eigenvalue weighted by Gasteiger charge is -2.49. The Morgan fingerprint density at radius 3 is 2.35 bits per heavy atom. The molecular weight excluding hydrogens is 250 g/mol. The summed E-state index contributed by atoms with van der Waals surface area (Å²) in [5, 5.41) is 0. The lowest BCUT2D eigenvalue weighted by atomic mass is 9.69. The molecule has 0 aromatic rings. The number of carbonyl (C=O) groups is 1.